The molecular formula is C14H25N5O. The molecule has 0 spiro atoms. The van der Waals surface area contributed by atoms with Gasteiger partial charge in [0.05, 0.1) is 6.10 Å². The van der Waals surface area contributed by atoms with Crippen LogP contribution < -0.4 is 15.8 Å². The summed E-state index contributed by atoms with van der Waals surface area (Å²) in [7, 11) is 0. The number of nitrogens with one attached hydrogen (secondary N) is 1. The monoisotopic (exact) mass is 279 g/mol. The van der Waals surface area contributed by atoms with Crippen molar-refractivity contribution < 1.29 is 4.74 Å². The van der Waals surface area contributed by atoms with Crippen molar-refractivity contribution in [1.82, 2.24) is 14.9 Å². The topological polar surface area (TPSA) is 76.3 Å². The average Bonchev–Trinajstić information content (AvgIpc) is 2.86. The minimum atomic E-state index is 0.0467. The van der Waals surface area contributed by atoms with Gasteiger partial charge in [0.25, 0.3) is 0 Å². The first-order chi connectivity index (χ1) is 9.61. The Morgan fingerprint density at radius 1 is 1.50 bits per heavy atom. The van der Waals surface area contributed by atoms with Crippen LogP contribution in [0.4, 0.5) is 11.5 Å². The van der Waals surface area contributed by atoms with Gasteiger partial charge in [-0.2, -0.15) is 4.98 Å². The maximum atomic E-state index is 6.06. The van der Waals surface area contributed by atoms with E-state index in [1.165, 1.54) is 25.7 Å². The molecule has 0 aromatic carbocycles. The SMILES string of the molecule is CCN1CCCC1CNc1ncnc(OC(C)C)c1N. The first kappa shape index (κ1) is 14.8. The van der Waals surface area contributed by atoms with Gasteiger partial charge in [-0.1, -0.05) is 6.92 Å². The van der Waals surface area contributed by atoms with Crippen LogP contribution in [0.2, 0.25) is 0 Å². The second-order valence-corrected chi connectivity index (χ2v) is 5.41. The average molecular weight is 279 g/mol. The van der Waals surface area contributed by atoms with Crippen LogP contribution in [-0.4, -0.2) is 46.6 Å². The molecule has 1 atom stereocenters. The molecule has 0 radical (unpaired) electrons. The molecule has 1 fully saturated rings. The van der Waals surface area contributed by atoms with Crippen molar-refractivity contribution in [2.75, 3.05) is 30.7 Å². The number of nitrogens with zero attached hydrogens (tertiary/aromatic N) is 3. The largest absolute Gasteiger partial charge is 0.473 e. The molecule has 2 rings (SSSR count). The Balaban J connectivity index is 1.99. The molecule has 1 aromatic heterocycles. The van der Waals surface area contributed by atoms with Crippen LogP contribution in [-0.2, 0) is 0 Å². The number of anilines is 2. The third-order valence-electron chi connectivity index (χ3n) is 3.61. The first-order valence-electron chi connectivity index (χ1n) is 7.36. The summed E-state index contributed by atoms with van der Waals surface area (Å²) in [5.74, 6) is 1.12. The van der Waals surface area contributed by atoms with Crippen LogP contribution in [0, 0.1) is 0 Å². The molecule has 20 heavy (non-hydrogen) atoms. The predicted octanol–water partition coefficient (Wildman–Crippen LogP) is 1.74. The molecule has 1 aliphatic rings. The number of nitrogens with two attached hydrogens (primary N) is 1. The Bertz CT molecular complexity index is 438. The molecule has 0 amide bonds. The van der Waals surface area contributed by atoms with Gasteiger partial charge in [0.15, 0.2) is 5.82 Å². The van der Waals surface area contributed by atoms with E-state index in [9.17, 15) is 0 Å². The zero-order valence-corrected chi connectivity index (χ0v) is 12.6. The smallest absolute Gasteiger partial charge is 0.242 e. The summed E-state index contributed by atoms with van der Waals surface area (Å²) in [5, 5.41) is 3.34. The van der Waals surface area contributed by atoms with Crippen molar-refractivity contribution >= 4 is 11.5 Å². The Morgan fingerprint density at radius 2 is 2.30 bits per heavy atom. The fraction of sp³-hybridized carbons (Fsp3) is 0.714. The van der Waals surface area contributed by atoms with E-state index in [0.29, 0.717) is 23.4 Å². The third-order valence-corrected chi connectivity index (χ3v) is 3.61. The highest BCUT2D eigenvalue weighted by atomic mass is 16.5. The van der Waals surface area contributed by atoms with E-state index in [1.807, 2.05) is 13.8 Å². The Hall–Kier alpha value is -1.56. The van der Waals surface area contributed by atoms with Gasteiger partial charge in [-0.25, -0.2) is 4.98 Å². The van der Waals surface area contributed by atoms with Crippen LogP contribution in [0.5, 0.6) is 5.88 Å². The van der Waals surface area contributed by atoms with Gasteiger partial charge in [-0.3, -0.25) is 4.90 Å². The molecular weight excluding hydrogens is 254 g/mol. The van der Waals surface area contributed by atoms with E-state index < -0.39 is 0 Å². The molecule has 112 valence electrons. The third kappa shape index (κ3) is 3.50. The molecule has 1 aliphatic heterocycles. The molecule has 0 bridgehead atoms. The molecule has 2 heterocycles. The van der Waals surface area contributed by atoms with Gasteiger partial charge in [-0.05, 0) is 39.8 Å². The van der Waals surface area contributed by atoms with Crippen LogP contribution in [0.3, 0.4) is 0 Å². The van der Waals surface area contributed by atoms with E-state index in [-0.39, 0.29) is 6.10 Å². The lowest BCUT2D eigenvalue weighted by atomic mass is 10.2. The molecule has 6 nitrogen and oxygen atoms in total. The normalized spacial score (nSPS) is 19.5. The number of nitrogen functional groups attached to an aromatic ring is 1. The molecule has 3 N–H and O–H groups in total. The quantitative estimate of drug-likeness (QED) is 0.826. The lowest BCUT2D eigenvalue weighted by Gasteiger charge is -2.23. The summed E-state index contributed by atoms with van der Waals surface area (Å²) in [4.78, 5) is 10.8. The van der Waals surface area contributed by atoms with E-state index in [2.05, 4.69) is 27.1 Å². The Kier molecular flexibility index (Phi) is 5.00. The highest BCUT2D eigenvalue weighted by molar-refractivity contribution is 5.66. The van der Waals surface area contributed by atoms with Crippen molar-refractivity contribution in [3.05, 3.63) is 6.33 Å². The Labute approximate surface area is 120 Å². The number of rotatable bonds is 6. The fourth-order valence-corrected chi connectivity index (χ4v) is 2.59. The highest BCUT2D eigenvalue weighted by Gasteiger charge is 2.23. The van der Waals surface area contributed by atoms with Gasteiger partial charge < -0.3 is 15.8 Å². The summed E-state index contributed by atoms with van der Waals surface area (Å²) in [5.41, 5.74) is 6.55. The lowest BCUT2D eigenvalue weighted by Crippen LogP contribution is -2.34. The minimum Gasteiger partial charge on any atom is -0.473 e. The van der Waals surface area contributed by atoms with E-state index >= 15 is 0 Å². The van der Waals surface area contributed by atoms with Gasteiger partial charge in [0, 0.05) is 12.6 Å². The molecule has 6 heteroatoms. The number of hydrogen-bond donors (Lipinski definition) is 2. The van der Waals surface area contributed by atoms with E-state index in [0.717, 1.165) is 13.1 Å². The Morgan fingerprint density at radius 3 is 3.00 bits per heavy atom. The molecule has 1 saturated heterocycles. The second-order valence-electron chi connectivity index (χ2n) is 5.41. The van der Waals surface area contributed by atoms with Crippen LogP contribution in [0.25, 0.3) is 0 Å². The van der Waals surface area contributed by atoms with Crippen molar-refractivity contribution in [3.8, 4) is 5.88 Å². The number of likely N-dealkylation sites (N-methyl/N-ethyl adjacent to an activating group) is 1. The molecule has 0 aliphatic carbocycles. The van der Waals surface area contributed by atoms with Crippen LogP contribution in [0.1, 0.15) is 33.6 Å². The maximum absolute atomic E-state index is 6.06. The van der Waals surface area contributed by atoms with E-state index in [1.54, 1.807) is 0 Å². The molecule has 1 unspecified atom stereocenters. The standard InChI is InChI=1S/C14H25N5O/c1-4-19-7-5-6-11(19)8-16-13-12(15)14(18-9-17-13)20-10(2)3/h9-11H,4-8,15H2,1-3H3,(H,16,17,18). The van der Waals surface area contributed by atoms with Gasteiger partial charge in [0.2, 0.25) is 5.88 Å². The zero-order chi connectivity index (χ0) is 14.5. The lowest BCUT2D eigenvalue weighted by molar-refractivity contribution is 0.234. The number of likely N-dealkylation sites (tertiary alicyclic amines) is 1. The summed E-state index contributed by atoms with van der Waals surface area (Å²) in [6.07, 6.45) is 4.02. The van der Waals surface area contributed by atoms with Gasteiger partial charge in [0.1, 0.15) is 12.0 Å². The zero-order valence-electron chi connectivity index (χ0n) is 12.6. The van der Waals surface area contributed by atoms with Crippen molar-refractivity contribution in [2.45, 2.75) is 45.8 Å². The summed E-state index contributed by atoms with van der Waals surface area (Å²) >= 11 is 0. The van der Waals surface area contributed by atoms with Crippen LogP contribution >= 0.6 is 0 Å². The van der Waals surface area contributed by atoms with Gasteiger partial charge in [-0.15, -0.1) is 0 Å². The molecule has 1 aromatic rings. The number of aromatic nitrogens is 2. The summed E-state index contributed by atoms with van der Waals surface area (Å²) in [6, 6.07) is 0.559. The highest BCUT2D eigenvalue weighted by Crippen LogP contribution is 2.26. The number of ether oxygens (including phenoxy) is 1. The van der Waals surface area contributed by atoms with Crippen molar-refractivity contribution in [2.24, 2.45) is 0 Å². The number of hydrogen-bond acceptors (Lipinski definition) is 6. The summed E-state index contributed by atoms with van der Waals surface area (Å²) in [6.45, 7) is 9.23. The van der Waals surface area contributed by atoms with E-state index in [4.69, 9.17) is 10.5 Å². The summed E-state index contributed by atoms with van der Waals surface area (Å²) < 4.78 is 5.57. The van der Waals surface area contributed by atoms with Crippen molar-refractivity contribution in [3.63, 3.8) is 0 Å². The fourth-order valence-electron chi connectivity index (χ4n) is 2.59. The second kappa shape index (κ2) is 6.74. The van der Waals surface area contributed by atoms with Crippen LogP contribution in [0.15, 0.2) is 6.33 Å². The maximum Gasteiger partial charge on any atom is 0.242 e. The minimum absolute atomic E-state index is 0.0467. The van der Waals surface area contributed by atoms with Crippen molar-refractivity contribution in [1.29, 1.82) is 0 Å². The molecule has 0 saturated carbocycles. The van der Waals surface area contributed by atoms with Gasteiger partial charge >= 0.3 is 0 Å². The predicted molar refractivity (Wildman–Crippen MR) is 81.0 cm³/mol. The first-order valence-corrected chi connectivity index (χ1v) is 7.36.